The van der Waals surface area contributed by atoms with Crippen LogP contribution < -0.4 is 9.64 Å². The minimum Gasteiger partial charge on any atom is -0.484 e. The molecule has 0 spiro atoms. The van der Waals surface area contributed by atoms with E-state index in [1.165, 1.54) is 35.6 Å². The number of hydrogen-bond donors (Lipinski definition) is 0. The summed E-state index contributed by atoms with van der Waals surface area (Å²) in [5.74, 6) is -0.108. The number of likely N-dealkylation sites (N-methyl/N-ethyl adjacent to an activating group) is 1. The van der Waals surface area contributed by atoms with Crippen molar-refractivity contribution in [3.63, 3.8) is 0 Å². The summed E-state index contributed by atoms with van der Waals surface area (Å²) in [4.78, 5) is 21.5. The van der Waals surface area contributed by atoms with E-state index < -0.39 is 0 Å². The number of rotatable bonds is 9. The van der Waals surface area contributed by atoms with Crippen LogP contribution in [0.25, 0.3) is 10.2 Å². The first kappa shape index (κ1) is 24.3. The van der Waals surface area contributed by atoms with Crippen LogP contribution in [0, 0.1) is 5.82 Å². The van der Waals surface area contributed by atoms with E-state index in [9.17, 15) is 9.18 Å². The van der Waals surface area contributed by atoms with Gasteiger partial charge in [0.25, 0.3) is 5.91 Å². The normalized spacial score (nSPS) is 10.8. The fourth-order valence-corrected chi connectivity index (χ4v) is 4.15. The number of thiazole rings is 1. The minimum atomic E-state index is -0.349. The highest BCUT2D eigenvalue weighted by atomic mass is 35.5. The molecule has 0 aliphatic rings. The summed E-state index contributed by atoms with van der Waals surface area (Å²) in [7, 11) is 0. The van der Waals surface area contributed by atoms with Crippen molar-refractivity contribution in [2.75, 3.05) is 37.7 Å². The zero-order valence-corrected chi connectivity index (χ0v) is 19.2. The van der Waals surface area contributed by atoms with Gasteiger partial charge in [0.1, 0.15) is 11.6 Å². The predicted molar refractivity (Wildman–Crippen MR) is 124 cm³/mol. The van der Waals surface area contributed by atoms with Crippen LogP contribution in [-0.4, -0.2) is 48.6 Å². The van der Waals surface area contributed by atoms with Gasteiger partial charge in [0.05, 0.1) is 10.2 Å². The molecule has 1 aromatic heterocycles. The number of ether oxygens (including phenoxy) is 1. The first-order valence-electron chi connectivity index (χ1n) is 9.47. The molecule has 0 fully saturated rings. The molecule has 0 bridgehead atoms. The van der Waals surface area contributed by atoms with E-state index in [1.807, 2.05) is 12.1 Å². The monoisotopic (exact) mass is 471 g/mol. The van der Waals surface area contributed by atoms with Crippen molar-refractivity contribution in [3.8, 4) is 5.75 Å². The fraction of sp³-hybridized carbons (Fsp3) is 0.333. The molecule has 0 saturated heterocycles. The predicted octanol–water partition coefficient (Wildman–Crippen LogP) is 5.26. The second-order valence-electron chi connectivity index (χ2n) is 6.42. The largest absolute Gasteiger partial charge is 0.484 e. The van der Waals surface area contributed by atoms with E-state index in [1.54, 1.807) is 11.0 Å². The third-order valence-electron chi connectivity index (χ3n) is 4.58. The second-order valence-corrected chi connectivity index (χ2v) is 7.87. The number of benzene rings is 2. The zero-order valence-electron chi connectivity index (χ0n) is 16.8. The quantitative estimate of drug-likeness (QED) is 0.426. The highest BCUT2D eigenvalue weighted by Crippen LogP contribution is 2.31. The Kier molecular flexibility index (Phi) is 9.30. The Bertz CT molecular complexity index is 965. The van der Waals surface area contributed by atoms with Crippen LogP contribution in [-0.2, 0) is 4.79 Å². The van der Waals surface area contributed by atoms with Gasteiger partial charge in [-0.1, -0.05) is 36.8 Å². The highest BCUT2D eigenvalue weighted by Gasteiger charge is 2.21. The van der Waals surface area contributed by atoms with E-state index in [0.29, 0.717) is 22.4 Å². The smallest absolute Gasteiger partial charge is 0.266 e. The highest BCUT2D eigenvalue weighted by molar-refractivity contribution is 7.22. The Morgan fingerprint density at radius 2 is 1.83 bits per heavy atom. The second kappa shape index (κ2) is 11.5. The SMILES string of the molecule is CCN(CC)CCN(C(=O)COc1ccc(F)cc1)c1nc2ccc(Cl)cc2s1.Cl. The molecular formula is C21H24Cl2FN3O2S. The molecule has 0 saturated carbocycles. The lowest BCUT2D eigenvalue weighted by molar-refractivity contribution is -0.120. The number of anilines is 1. The van der Waals surface area contributed by atoms with Gasteiger partial charge >= 0.3 is 0 Å². The average Bonchev–Trinajstić information content (AvgIpc) is 3.13. The van der Waals surface area contributed by atoms with E-state index in [-0.39, 0.29) is 30.7 Å². The topological polar surface area (TPSA) is 45.7 Å². The molecule has 0 aliphatic heterocycles. The summed E-state index contributed by atoms with van der Waals surface area (Å²) in [5, 5.41) is 1.25. The molecular weight excluding hydrogens is 448 g/mol. The van der Waals surface area contributed by atoms with Crippen molar-refractivity contribution in [1.82, 2.24) is 9.88 Å². The maximum absolute atomic E-state index is 13.1. The molecule has 0 N–H and O–H groups in total. The lowest BCUT2D eigenvalue weighted by Crippen LogP contribution is -2.41. The zero-order chi connectivity index (χ0) is 20.8. The Morgan fingerprint density at radius 1 is 1.13 bits per heavy atom. The van der Waals surface area contributed by atoms with E-state index in [0.717, 1.165) is 29.9 Å². The maximum atomic E-state index is 13.1. The van der Waals surface area contributed by atoms with Crippen LogP contribution in [0.1, 0.15) is 13.8 Å². The molecule has 0 aliphatic carbocycles. The van der Waals surface area contributed by atoms with Crippen LogP contribution >= 0.6 is 35.3 Å². The van der Waals surface area contributed by atoms with Crippen LogP contribution in [0.3, 0.4) is 0 Å². The summed E-state index contributed by atoms with van der Waals surface area (Å²) in [6.07, 6.45) is 0. The fourth-order valence-electron chi connectivity index (χ4n) is 2.86. The van der Waals surface area contributed by atoms with Crippen molar-refractivity contribution in [3.05, 3.63) is 53.3 Å². The van der Waals surface area contributed by atoms with Gasteiger partial charge in [0.15, 0.2) is 11.7 Å². The van der Waals surface area contributed by atoms with Gasteiger partial charge in [-0.25, -0.2) is 9.37 Å². The van der Waals surface area contributed by atoms with Gasteiger partial charge < -0.3 is 9.64 Å². The number of hydrogen-bond acceptors (Lipinski definition) is 5. The first-order chi connectivity index (χ1) is 14.0. The number of aromatic nitrogens is 1. The lowest BCUT2D eigenvalue weighted by atomic mass is 10.3. The van der Waals surface area contributed by atoms with E-state index >= 15 is 0 Å². The Hall–Kier alpha value is -1.93. The molecule has 0 atom stereocenters. The summed E-state index contributed by atoms with van der Waals surface area (Å²) in [5.41, 5.74) is 0.800. The molecule has 1 amide bonds. The molecule has 2 aromatic carbocycles. The number of fused-ring (bicyclic) bond motifs is 1. The molecule has 0 unspecified atom stereocenters. The molecule has 3 rings (SSSR count). The number of halogens is 3. The third kappa shape index (κ3) is 6.28. The Labute approximate surface area is 190 Å². The van der Waals surface area contributed by atoms with Crippen molar-refractivity contribution in [2.45, 2.75) is 13.8 Å². The van der Waals surface area contributed by atoms with E-state index in [2.05, 4.69) is 23.7 Å². The third-order valence-corrected chi connectivity index (χ3v) is 5.86. The van der Waals surface area contributed by atoms with Crippen molar-refractivity contribution >= 4 is 56.6 Å². The van der Waals surface area contributed by atoms with Gasteiger partial charge in [-0.2, -0.15) is 0 Å². The molecule has 5 nitrogen and oxygen atoms in total. The van der Waals surface area contributed by atoms with Gasteiger partial charge in [-0.15, -0.1) is 12.4 Å². The number of carbonyl (C=O) groups excluding carboxylic acids is 1. The van der Waals surface area contributed by atoms with Crippen LogP contribution in [0.4, 0.5) is 9.52 Å². The van der Waals surface area contributed by atoms with Crippen molar-refractivity contribution < 1.29 is 13.9 Å². The first-order valence-corrected chi connectivity index (χ1v) is 10.7. The molecule has 162 valence electrons. The van der Waals surface area contributed by atoms with Gasteiger partial charge in [0, 0.05) is 18.1 Å². The summed E-state index contributed by atoms with van der Waals surface area (Å²) >= 11 is 7.51. The molecule has 1 heterocycles. The van der Waals surface area contributed by atoms with Crippen molar-refractivity contribution in [1.29, 1.82) is 0 Å². The molecule has 30 heavy (non-hydrogen) atoms. The Morgan fingerprint density at radius 3 is 2.50 bits per heavy atom. The van der Waals surface area contributed by atoms with E-state index in [4.69, 9.17) is 16.3 Å². The Balaban J connectivity index is 0.00000320. The van der Waals surface area contributed by atoms with Crippen LogP contribution in [0.5, 0.6) is 5.75 Å². The summed E-state index contributed by atoms with van der Waals surface area (Å²) < 4.78 is 19.5. The van der Waals surface area contributed by atoms with Crippen molar-refractivity contribution in [2.24, 2.45) is 0 Å². The standard InChI is InChI=1S/C21H23ClFN3O2S.ClH/c1-3-25(4-2)11-12-26(20(27)14-28-17-8-6-16(23)7-9-17)21-24-18-10-5-15(22)13-19(18)29-21;/h5-10,13H,3-4,11-12,14H2,1-2H3;1H. The van der Waals surface area contributed by atoms with Crippen LogP contribution in [0.15, 0.2) is 42.5 Å². The van der Waals surface area contributed by atoms with Gasteiger partial charge in [0.2, 0.25) is 0 Å². The average molecular weight is 472 g/mol. The molecule has 9 heteroatoms. The maximum Gasteiger partial charge on any atom is 0.266 e. The van der Waals surface area contributed by atoms with Gasteiger partial charge in [-0.05, 0) is 55.6 Å². The lowest BCUT2D eigenvalue weighted by Gasteiger charge is -2.24. The number of amides is 1. The summed E-state index contributed by atoms with van der Waals surface area (Å²) in [6.45, 7) is 7.06. The number of nitrogens with zero attached hydrogens (tertiary/aromatic N) is 3. The summed E-state index contributed by atoms with van der Waals surface area (Å²) in [6, 6.07) is 11.1. The molecule has 3 aromatic rings. The number of carbonyl (C=O) groups is 1. The van der Waals surface area contributed by atoms with Crippen LogP contribution in [0.2, 0.25) is 5.02 Å². The van der Waals surface area contributed by atoms with Gasteiger partial charge in [-0.3, -0.25) is 9.69 Å². The molecule has 0 radical (unpaired) electrons. The minimum absolute atomic E-state index is 0.